The number of hydrogen-bond acceptors (Lipinski definition) is 4. The van der Waals surface area contributed by atoms with Crippen molar-refractivity contribution in [3.63, 3.8) is 0 Å². The molecule has 0 bridgehead atoms. The molecule has 2 atom stereocenters. The van der Waals surface area contributed by atoms with Crippen LogP contribution in [0.1, 0.15) is 32.1 Å². The lowest BCUT2D eigenvalue weighted by Gasteiger charge is -2.28. The fourth-order valence-electron chi connectivity index (χ4n) is 3.03. The highest BCUT2D eigenvalue weighted by Gasteiger charge is 2.27. The van der Waals surface area contributed by atoms with E-state index in [1.54, 1.807) is 12.0 Å². The molecule has 1 N–H and O–H groups in total. The highest BCUT2D eigenvalue weighted by Crippen LogP contribution is 2.27. The van der Waals surface area contributed by atoms with Gasteiger partial charge in [-0.1, -0.05) is 18.6 Å². The first-order chi connectivity index (χ1) is 11.1. The van der Waals surface area contributed by atoms with Crippen molar-refractivity contribution in [3.05, 3.63) is 24.3 Å². The largest absolute Gasteiger partial charge is 0.493 e. The van der Waals surface area contributed by atoms with Gasteiger partial charge in [0.1, 0.15) is 0 Å². The van der Waals surface area contributed by atoms with Gasteiger partial charge in [0.05, 0.1) is 19.8 Å². The molecule has 23 heavy (non-hydrogen) atoms. The predicted molar refractivity (Wildman–Crippen MR) is 88.7 cm³/mol. The number of aliphatic hydroxyl groups excluding tert-OH is 1. The van der Waals surface area contributed by atoms with Gasteiger partial charge in [0, 0.05) is 19.5 Å². The Balaban J connectivity index is 1.72. The van der Waals surface area contributed by atoms with Gasteiger partial charge in [0.2, 0.25) is 5.91 Å². The second-order valence-corrected chi connectivity index (χ2v) is 6.13. The van der Waals surface area contributed by atoms with Crippen molar-refractivity contribution >= 4 is 5.91 Å². The van der Waals surface area contributed by atoms with Gasteiger partial charge in [0.15, 0.2) is 11.5 Å². The Morgan fingerprint density at radius 1 is 1.30 bits per heavy atom. The maximum Gasteiger partial charge on any atom is 0.225 e. The van der Waals surface area contributed by atoms with E-state index in [-0.39, 0.29) is 17.9 Å². The summed E-state index contributed by atoms with van der Waals surface area (Å²) >= 11 is 0. The molecule has 0 saturated heterocycles. The highest BCUT2D eigenvalue weighted by molar-refractivity contribution is 5.78. The number of ether oxygens (including phenoxy) is 2. The van der Waals surface area contributed by atoms with Crippen LogP contribution in [0.2, 0.25) is 0 Å². The van der Waals surface area contributed by atoms with Gasteiger partial charge in [-0.2, -0.15) is 0 Å². The molecular formula is C18H27NO4. The van der Waals surface area contributed by atoms with Crippen molar-refractivity contribution in [2.75, 3.05) is 27.3 Å². The average Bonchev–Trinajstić information content (AvgIpc) is 2.58. The first-order valence-electron chi connectivity index (χ1n) is 8.30. The number of nitrogens with zero attached hydrogens (tertiary/aromatic N) is 1. The number of para-hydroxylation sites is 2. The Morgan fingerprint density at radius 3 is 2.74 bits per heavy atom. The molecule has 0 heterocycles. The normalized spacial score (nSPS) is 20.8. The summed E-state index contributed by atoms with van der Waals surface area (Å²) in [5.41, 5.74) is 0. The maximum absolute atomic E-state index is 12.4. The second kappa shape index (κ2) is 8.77. The molecule has 0 unspecified atom stereocenters. The van der Waals surface area contributed by atoms with Gasteiger partial charge >= 0.3 is 0 Å². The Bertz CT molecular complexity index is 506. The number of benzene rings is 1. The van der Waals surface area contributed by atoms with Gasteiger partial charge in [-0.3, -0.25) is 4.79 Å². The molecule has 1 aliphatic carbocycles. The van der Waals surface area contributed by atoms with Crippen LogP contribution in [0.3, 0.4) is 0 Å². The fourth-order valence-corrected chi connectivity index (χ4v) is 3.03. The van der Waals surface area contributed by atoms with Gasteiger partial charge in [-0.05, 0) is 37.8 Å². The van der Waals surface area contributed by atoms with E-state index in [9.17, 15) is 9.90 Å². The topological polar surface area (TPSA) is 59.0 Å². The molecule has 1 aliphatic rings. The number of hydrogen-bond donors (Lipinski definition) is 1. The van der Waals surface area contributed by atoms with Gasteiger partial charge < -0.3 is 19.5 Å². The van der Waals surface area contributed by atoms with Crippen molar-refractivity contribution in [2.24, 2.45) is 5.92 Å². The summed E-state index contributed by atoms with van der Waals surface area (Å²) in [6.07, 6.45) is 3.68. The molecule has 1 amide bonds. The maximum atomic E-state index is 12.4. The summed E-state index contributed by atoms with van der Waals surface area (Å²) in [5.74, 6) is 1.55. The van der Waals surface area contributed by atoms with Crippen LogP contribution >= 0.6 is 0 Å². The van der Waals surface area contributed by atoms with Gasteiger partial charge in [-0.15, -0.1) is 0 Å². The van der Waals surface area contributed by atoms with Crippen LogP contribution in [0, 0.1) is 5.92 Å². The van der Waals surface area contributed by atoms with Crippen LogP contribution < -0.4 is 9.47 Å². The molecule has 0 radical (unpaired) electrons. The summed E-state index contributed by atoms with van der Waals surface area (Å²) in [6, 6.07) is 7.54. The molecule has 128 valence electrons. The Kier molecular flexibility index (Phi) is 6.71. The van der Waals surface area contributed by atoms with Gasteiger partial charge in [-0.25, -0.2) is 0 Å². The summed E-state index contributed by atoms with van der Waals surface area (Å²) in [6.45, 7) is 1.19. The summed E-state index contributed by atoms with van der Waals surface area (Å²) in [4.78, 5) is 14.1. The molecular weight excluding hydrogens is 294 g/mol. The minimum atomic E-state index is -0.319. The lowest BCUT2D eigenvalue weighted by Crippen LogP contribution is -2.37. The quantitative estimate of drug-likeness (QED) is 0.784. The molecule has 0 aliphatic heterocycles. The molecule has 0 aromatic heterocycles. The van der Waals surface area contributed by atoms with E-state index in [1.807, 2.05) is 31.3 Å². The van der Waals surface area contributed by atoms with E-state index in [2.05, 4.69) is 0 Å². The standard InChI is InChI=1S/C18H27NO4/c1-19(18(21)14-7-5-8-15(20)13-14)11-6-12-23-17-10-4-3-9-16(17)22-2/h3-4,9-10,14-15,20H,5-8,11-13H2,1-2H3/t14-,15+/m0/s1. The first-order valence-corrected chi connectivity index (χ1v) is 8.30. The lowest BCUT2D eigenvalue weighted by molar-refractivity contribution is -0.136. The minimum absolute atomic E-state index is 0.0288. The van der Waals surface area contributed by atoms with E-state index in [4.69, 9.17) is 9.47 Å². The Labute approximate surface area is 138 Å². The molecule has 0 spiro atoms. The van der Waals surface area contributed by atoms with Crippen molar-refractivity contribution in [2.45, 2.75) is 38.2 Å². The fraction of sp³-hybridized carbons (Fsp3) is 0.611. The third kappa shape index (κ3) is 5.13. The lowest BCUT2D eigenvalue weighted by atomic mass is 9.86. The molecule has 2 rings (SSSR count). The van der Waals surface area contributed by atoms with E-state index < -0.39 is 0 Å². The highest BCUT2D eigenvalue weighted by atomic mass is 16.5. The Morgan fingerprint density at radius 2 is 2.04 bits per heavy atom. The number of carbonyl (C=O) groups excluding carboxylic acids is 1. The molecule has 5 nitrogen and oxygen atoms in total. The third-order valence-electron chi connectivity index (χ3n) is 4.34. The van der Waals surface area contributed by atoms with Crippen molar-refractivity contribution < 1.29 is 19.4 Å². The monoisotopic (exact) mass is 321 g/mol. The smallest absolute Gasteiger partial charge is 0.225 e. The average molecular weight is 321 g/mol. The zero-order valence-corrected chi connectivity index (χ0v) is 14.0. The number of methoxy groups -OCH3 is 1. The summed E-state index contributed by atoms with van der Waals surface area (Å²) in [5, 5.41) is 9.70. The van der Waals surface area contributed by atoms with Crippen molar-refractivity contribution in [1.82, 2.24) is 4.90 Å². The first kappa shape index (κ1) is 17.6. The summed E-state index contributed by atoms with van der Waals surface area (Å²) in [7, 11) is 3.44. The van der Waals surface area contributed by atoms with Crippen LogP contribution in [-0.2, 0) is 4.79 Å². The summed E-state index contributed by atoms with van der Waals surface area (Å²) < 4.78 is 11.0. The third-order valence-corrected chi connectivity index (χ3v) is 4.34. The van der Waals surface area contributed by atoms with E-state index in [1.165, 1.54) is 0 Å². The molecule has 1 aromatic rings. The molecule has 5 heteroatoms. The SMILES string of the molecule is COc1ccccc1OCCCN(C)C(=O)[C@H]1CCC[C@@H](O)C1. The van der Waals surface area contributed by atoms with Crippen molar-refractivity contribution in [1.29, 1.82) is 0 Å². The minimum Gasteiger partial charge on any atom is -0.493 e. The molecule has 1 saturated carbocycles. The zero-order valence-electron chi connectivity index (χ0n) is 14.0. The van der Waals surface area contributed by atoms with Gasteiger partial charge in [0.25, 0.3) is 0 Å². The number of carbonyl (C=O) groups is 1. The number of amides is 1. The molecule has 1 fully saturated rings. The van der Waals surface area contributed by atoms with Crippen LogP contribution in [0.15, 0.2) is 24.3 Å². The van der Waals surface area contributed by atoms with Crippen LogP contribution in [0.5, 0.6) is 11.5 Å². The number of rotatable bonds is 7. The van der Waals surface area contributed by atoms with E-state index in [0.717, 1.165) is 31.4 Å². The predicted octanol–water partition coefficient (Wildman–Crippen LogP) is 2.47. The van der Waals surface area contributed by atoms with Crippen LogP contribution in [-0.4, -0.2) is 49.3 Å². The molecule has 1 aromatic carbocycles. The van der Waals surface area contributed by atoms with Crippen LogP contribution in [0.25, 0.3) is 0 Å². The van der Waals surface area contributed by atoms with E-state index >= 15 is 0 Å². The zero-order chi connectivity index (χ0) is 16.7. The van der Waals surface area contributed by atoms with Crippen molar-refractivity contribution in [3.8, 4) is 11.5 Å². The Hall–Kier alpha value is -1.75. The van der Waals surface area contributed by atoms with E-state index in [0.29, 0.717) is 25.3 Å². The number of aliphatic hydroxyl groups is 1. The van der Waals surface area contributed by atoms with Crippen LogP contribution in [0.4, 0.5) is 0 Å². The second-order valence-electron chi connectivity index (χ2n) is 6.13.